The number of aliphatic carboxylic acids is 1. The van der Waals surface area contributed by atoms with Crippen molar-refractivity contribution in [2.24, 2.45) is 0 Å². The van der Waals surface area contributed by atoms with Gasteiger partial charge in [-0.15, -0.1) is 0 Å². The lowest BCUT2D eigenvalue weighted by atomic mass is 10.1. The number of anilines is 2. The minimum atomic E-state index is -0.872. The maximum absolute atomic E-state index is 10.8. The largest absolute Gasteiger partial charge is 0.480 e. The summed E-state index contributed by atoms with van der Waals surface area (Å²) >= 11 is 0. The first-order valence-electron chi connectivity index (χ1n) is 6.03. The Balaban J connectivity index is 2.64. The van der Waals surface area contributed by atoms with E-state index in [1.54, 1.807) is 18.1 Å². The van der Waals surface area contributed by atoms with Gasteiger partial charge in [-0.3, -0.25) is 4.79 Å². The van der Waals surface area contributed by atoms with Crippen molar-refractivity contribution in [2.45, 2.75) is 6.92 Å². The van der Waals surface area contributed by atoms with Gasteiger partial charge in [0.05, 0.1) is 0 Å². The molecule has 0 amide bonds. The highest BCUT2D eigenvalue weighted by Crippen LogP contribution is 2.31. The van der Waals surface area contributed by atoms with Crippen LogP contribution in [0.1, 0.15) is 5.56 Å². The van der Waals surface area contributed by atoms with E-state index in [4.69, 9.17) is 5.11 Å². The molecule has 5 nitrogen and oxygen atoms in total. The quantitative estimate of drug-likeness (QED) is 0.880. The Kier molecular flexibility index (Phi) is 3.55. The summed E-state index contributed by atoms with van der Waals surface area (Å²) in [5, 5.41) is 14.1. The van der Waals surface area contributed by atoms with Crippen LogP contribution >= 0.6 is 0 Å². The Morgan fingerprint density at radius 2 is 2.21 bits per heavy atom. The molecule has 0 aliphatic carbocycles. The third-order valence-electron chi connectivity index (χ3n) is 3.08. The molecule has 0 unspecified atom stereocenters. The first-order valence-corrected chi connectivity index (χ1v) is 6.03. The third kappa shape index (κ3) is 2.45. The van der Waals surface area contributed by atoms with Crippen LogP contribution in [0.3, 0.4) is 0 Å². The lowest BCUT2D eigenvalue weighted by Gasteiger charge is -2.19. The van der Waals surface area contributed by atoms with Crippen LogP contribution in [0.4, 0.5) is 11.5 Å². The summed E-state index contributed by atoms with van der Waals surface area (Å²) in [5.74, 6) is -0.192. The van der Waals surface area contributed by atoms with Gasteiger partial charge in [-0.05, 0) is 18.6 Å². The Morgan fingerprint density at radius 3 is 2.84 bits per heavy atom. The molecule has 0 bridgehead atoms. The predicted octanol–water partition coefficient (Wildman–Crippen LogP) is 2.11. The van der Waals surface area contributed by atoms with E-state index < -0.39 is 5.97 Å². The highest BCUT2D eigenvalue weighted by atomic mass is 16.4. The lowest BCUT2D eigenvalue weighted by Crippen LogP contribution is -2.26. The molecule has 0 radical (unpaired) electrons. The molecule has 19 heavy (non-hydrogen) atoms. The first kappa shape index (κ1) is 13.1. The van der Waals surface area contributed by atoms with Crippen molar-refractivity contribution in [3.63, 3.8) is 0 Å². The summed E-state index contributed by atoms with van der Waals surface area (Å²) < 4.78 is 0. The highest BCUT2D eigenvalue weighted by molar-refractivity contribution is 6.02. The molecular weight excluding hydrogens is 242 g/mol. The van der Waals surface area contributed by atoms with E-state index in [1.165, 1.54) is 0 Å². The summed E-state index contributed by atoms with van der Waals surface area (Å²) in [6, 6.07) is 5.90. The normalized spacial score (nSPS) is 10.5. The summed E-state index contributed by atoms with van der Waals surface area (Å²) in [6.45, 7) is 1.92. The van der Waals surface area contributed by atoms with Crippen molar-refractivity contribution >= 4 is 28.2 Å². The van der Waals surface area contributed by atoms with Crippen LogP contribution in [0.25, 0.3) is 10.8 Å². The standard InChI is InChI=1S/C14H17N3O2/c1-9-7-16-14(17(3)8-12(18)19)10-5-4-6-11(15-2)13(9)10/h4-7,15H,8H2,1-3H3,(H,18,19). The molecule has 1 heterocycles. The minimum Gasteiger partial charge on any atom is -0.480 e. The first-order chi connectivity index (χ1) is 9.04. The second kappa shape index (κ2) is 5.14. The number of aromatic nitrogens is 1. The number of rotatable bonds is 4. The fourth-order valence-corrected chi connectivity index (χ4v) is 2.25. The number of carboxylic acid groups (broad SMARTS) is 1. The van der Waals surface area contributed by atoms with Gasteiger partial charge >= 0.3 is 5.97 Å². The van der Waals surface area contributed by atoms with Crippen LogP contribution < -0.4 is 10.2 Å². The average molecular weight is 259 g/mol. The monoisotopic (exact) mass is 259 g/mol. The van der Waals surface area contributed by atoms with Gasteiger partial charge in [0, 0.05) is 36.8 Å². The van der Waals surface area contributed by atoms with Gasteiger partial charge in [0.2, 0.25) is 0 Å². The number of hydrogen-bond acceptors (Lipinski definition) is 4. The van der Waals surface area contributed by atoms with Gasteiger partial charge in [0.25, 0.3) is 0 Å². The number of carbonyl (C=O) groups is 1. The van der Waals surface area contributed by atoms with Gasteiger partial charge in [0.1, 0.15) is 12.4 Å². The molecule has 0 fully saturated rings. The fourth-order valence-electron chi connectivity index (χ4n) is 2.25. The van der Waals surface area contributed by atoms with E-state index in [0.29, 0.717) is 5.82 Å². The molecule has 2 aromatic rings. The third-order valence-corrected chi connectivity index (χ3v) is 3.08. The van der Waals surface area contributed by atoms with Crippen LogP contribution in [-0.4, -0.2) is 36.7 Å². The molecule has 0 atom stereocenters. The van der Waals surface area contributed by atoms with E-state index >= 15 is 0 Å². The number of fused-ring (bicyclic) bond motifs is 1. The van der Waals surface area contributed by atoms with E-state index in [9.17, 15) is 4.79 Å². The number of likely N-dealkylation sites (N-methyl/N-ethyl adjacent to an activating group) is 1. The zero-order valence-corrected chi connectivity index (χ0v) is 11.3. The molecule has 1 aromatic heterocycles. The van der Waals surface area contributed by atoms with Gasteiger partial charge in [-0.25, -0.2) is 4.98 Å². The van der Waals surface area contributed by atoms with Crippen LogP contribution in [0.2, 0.25) is 0 Å². The zero-order chi connectivity index (χ0) is 14.0. The maximum Gasteiger partial charge on any atom is 0.323 e. The number of nitrogens with zero attached hydrogens (tertiary/aromatic N) is 2. The number of carboxylic acids is 1. The number of pyridine rings is 1. The summed E-state index contributed by atoms with van der Waals surface area (Å²) in [4.78, 5) is 16.8. The minimum absolute atomic E-state index is 0.0745. The molecular formula is C14H17N3O2. The van der Waals surface area contributed by atoms with Crippen LogP contribution in [-0.2, 0) is 4.79 Å². The molecule has 2 rings (SSSR count). The number of hydrogen-bond donors (Lipinski definition) is 2. The smallest absolute Gasteiger partial charge is 0.323 e. The molecule has 5 heteroatoms. The average Bonchev–Trinajstić information content (AvgIpc) is 2.37. The zero-order valence-electron chi connectivity index (χ0n) is 11.3. The molecule has 0 aliphatic rings. The molecule has 2 N–H and O–H groups in total. The topological polar surface area (TPSA) is 65.5 Å². The Bertz CT molecular complexity index is 625. The van der Waals surface area contributed by atoms with E-state index in [2.05, 4.69) is 10.3 Å². The van der Waals surface area contributed by atoms with Gasteiger partial charge in [0.15, 0.2) is 0 Å². The van der Waals surface area contributed by atoms with Crippen molar-refractivity contribution in [3.05, 3.63) is 30.0 Å². The van der Waals surface area contributed by atoms with E-state index in [1.807, 2.05) is 32.2 Å². The predicted molar refractivity (Wildman–Crippen MR) is 76.9 cm³/mol. The van der Waals surface area contributed by atoms with Crippen LogP contribution in [0, 0.1) is 6.92 Å². The van der Waals surface area contributed by atoms with Gasteiger partial charge < -0.3 is 15.3 Å². The van der Waals surface area contributed by atoms with Gasteiger partial charge in [-0.2, -0.15) is 0 Å². The second-order valence-electron chi connectivity index (χ2n) is 4.49. The molecule has 100 valence electrons. The van der Waals surface area contributed by atoms with Gasteiger partial charge in [-0.1, -0.05) is 12.1 Å². The van der Waals surface area contributed by atoms with Crippen LogP contribution in [0.15, 0.2) is 24.4 Å². The summed E-state index contributed by atoms with van der Waals surface area (Å²) in [5.41, 5.74) is 2.08. The summed E-state index contributed by atoms with van der Waals surface area (Å²) in [6.07, 6.45) is 1.77. The molecule has 1 aromatic carbocycles. The summed E-state index contributed by atoms with van der Waals surface area (Å²) in [7, 11) is 3.60. The fraction of sp³-hybridized carbons (Fsp3) is 0.286. The van der Waals surface area contributed by atoms with E-state index in [-0.39, 0.29) is 6.54 Å². The van der Waals surface area contributed by atoms with Crippen molar-refractivity contribution in [2.75, 3.05) is 30.9 Å². The molecule has 0 saturated carbocycles. The molecule has 0 spiro atoms. The second-order valence-corrected chi connectivity index (χ2v) is 4.49. The SMILES string of the molecule is CNc1cccc2c(N(C)CC(=O)O)ncc(C)c12. The Labute approximate surface area is 111 Å². The van der Waals surface area contributed by atoms with Crippen molar-refractivity contribution in [1.82, 2.24) is 4.98 Å². The van der Waals surface area contributed by atoms with Crippen molar-refractivity contribution in [3.8, 4) is 0 Å². The lowest BCUT2D eigenvalue weighted by molar-refractivity contribution is -0.135. The van der Waals surface area contributed by atoms with Crippen molar-refractivity contribution < 1.29 is 9.90 Å². The van der Waals surface area contributed by atoms with E-state index in [0.717, 1.165) is 22.0 Å². The van der Waals surface area contributed by atoms with Crippen LogP contribution in [0.5, 0.6) is 0 Å². The number of benzene rings is 1. The maximum atomic E-state index is 10.8. The molecule has 0 aliphatic heterocycles. The molecule has 0 saturated heterocycles. The van der Waals surface area contributed by atoms with Crippen molar-refractivity contribution in [1.29, 1.82) is 0 Å². The number of aryl methyl sites for hydroxylation is 1. The Morgan fingerprint density at radius 1 is 1.47 bits per heavy atom. The highest BCUT2D eigenvalue weighted by Gasteiger charge is 2.13. The Hall–Kier alpha value is -2.30. The number of nitrogens with one attached hydrogen (secondary N) is 1.